The van der Waals surface area contributed by atoms with Crippen LogP contribution in [0.15, 0.2) is 171 Å². The Labute approximate surface area is 474 Å². The van der Waals surface area contributed by atoms with Gasteiger partial charge in [-0.1, -0.05) is 130 Å². The molecule has 7 aromatic rings. The minimum Gasteiger partial charge on any atom is -0.406 e. The number of nitrogens with two attached hydrogens (primary N) is 1. The lowest BCUT2D eigenvalue weighted by molar-refractivity contribution is -0.275. The molecular weight excluding hydrogens is 1090 g/mol. The molecule has 0 spiro atoms. The molecule has 3 N–H and O–H groups in total. The lowest BCUT2D eigenvalue weighted by Crippen LogP contribution is -2.40. The summed E-state index contributed by atoms with van der Waals surface area (Å²) < 4.78 is 84.8. The lowest BCUT2D eigenvalue weighted by atomic mass is 9.93. The van der Waals surface area contributed by atoms with Crippen molar-refractivity contribution in [2.75, 3.05) is 39.7 Å². The van der Waals surface area contributed by atoms with Gasteiger partial charge in [-0.15, -0.1) is 41.6 Å². The molecule has 0 saturated carbocycles. The second-order valence-electron chi connectivity index (χ2n) is 19.6. The van der Waals surface area contributed by atoms with Gasteiger partial charge < -0.3 is 30.3 Å². The molecule has 2 aliphatic heterocycles. The number of rotatable bonds is 18. The number of nitrogens with one attached hydrogen (secondary N) is 1. The molecule has 2 fully saturated rings. The topological polar surface area (TPSA) is 156 Å². The van der Waals surface area contributed by atoms with E-state index in [9.17, 15) is 26.3 Å². The third-order valence-electron chi connectivity index (χ3n) is 13.0. The van der Waals surface area contributed by atoms with Gasteiger partial charge in [0.15, 0.2) is 16.2 Å². The second kappa shape index (κ2) is 26.1. The third kappa shape index (κ3) is 15.9. The molecule has 2 atom stereocenters. The van der Waals surface area contributed by atoms with E-state index in [0.29, 0.717) is 17.2 Å². The molecule has 420 valence electrons. The number of hydrogen-bond acceptors (Lipinski definition) is 12. The number of nitrogens with zero attached hydrogens (tertiary/aromatic N) is 10. The average molecular weight is 1150 g/mol. The summed E-state index contributed by atoms with van der Waals surface area (Å²) in [6.07, 6.45) is -2.05. The predicted octanol–water partition coefficient (Wildman–Crippen LogP) is 14.2. The highest BCUT2D eigenvalue weighted by Gasteiger charge is 2.33. The second-order valence-corrected chi connectivity index (χ2v) is 21.7. The quantitative estimate of drug-likeness (QED) is 0.0367. The van der Waals surface area contributed by atoms with E-state index >= 15 is 0 Å². The molecular formula is C59H58F6N12O2S2. The summed E-state index contributed by atoms with van der Waals surface area (Å²) in [7, 11) is 0. The van der Waals surface area contributed by atoms with Gasteiger partial charge in [-0.2, -0.15) is 10.2 Å². The number of alkyl halides is 6. The Kier molecular flexibility index (Phi) is 18.6. The smallest absolute Gasteiger partial charge is 0.406 e. The van der Waals surface area contributed by atoms with Gasteiger partial charge in [0.25, 0.3) is 0 Å². The van der Waals surface area contributed by atoms with Gasteiger partial charge in [0.1, 0.15) is 24.0 Å². The van der Waals surface area contributed by atoms with Crippen LogP contribution in [0.4, 0.5) is 43.4 Å². The van der Waals surface area contributed by atoms with Crippen molar-refractivity contribution in [2.45, 2.75) is 71.3 Å². The third-order valence-corrected chi connectivity index (χ3v) is 15.3. The van der Waals surface area contributed by atoms with Crippen LogP contribution in [-0.2, 0) is 6.42 Å². The maximum atomic E-state index is 12.6. The number of anilines is 3. The van der Waals surface area contributed by atoms with E-state index in [0.717, 1.165) is 81.4 Å². The molecule has 22 heteroatoms. The summed E-state index contributed by atoms with van der Waals surface area (Å²) in [5.74, 6) is 2.42. The Bertz CT molecular complexity index is 3380. The van der Waals surface area contributed by atoms with Crippen molar-refractivity contribution < 1.29 is 35.8 Å². The van der Waals surface area contributed by atoms with Crippen LogP contribution in [0, 0.1) is 5.92 Å². The molecule has 2 saturated heterocycles. The number of ether oxygens (including phenoxy) is 2. The van der Waals surface area contributed by atoms with Crippen molar-refractivity contribution in [3.63, 3.8) is 0 Å². The summed E-state index contributed by atoms with van der Waals surface area (Å²) >= 11 is 3.39. The first-order valence-corrected chi connectivity index (χ1v) is 28.0. The van der Waals surface area contributed by atoms with E-state index in [1.54, 1.807) is 36.0 Å². The van der Waals surface area contributed by atoms with Crippen molar-refractivity contribution in [3.05, 3.63) is 179 Å². The highest BCUT2D eigenvalue weighted by atomic mass is 32.2. The number of aliphatic imine (C=N–C) groups is 1. The number of hydrogen-bond donors (Lipinski definition) is 2. The van der Waals surface area contributed by atoms with Gasteiger partial charge in [0, 0.05) is 47.2 Å². The molecule has 9 rings (SSSR count). The molecule has 3 heterocycles. The van der Waals surface area contributed by atoms with E-state index in [-0.39, 0.29) is 29.3 Å². The zero-order valence-corrected chi connectivity index (χ0v) is 46.2. The van der Waals surface area contributed by atoms with Crippen LogP contribution in [0.2, 0.25) is 0 Å². The fourth-order valence-corrected chi connectivity index (χ4v) is 11.0. The van der Waals surface area contributed by atoms with Crippen molar-refractivity contribution in [3.8, 4) is 28.6 Å². The van der Waals surface area contributed by atoms with Crippen LogP contribution < -0.4 is 30.3 Å². The number of benzene rings is 6. The number of thioether (sulfide) groups is 2. The lowest BCUT2D eigenvalue weighted by Gasteiger charge is -2.36. The minimum atomic E-state index is -4.77. The van der Waals surface area contributed by atoms with E-state index in [1.165, 1.54) is 82.6 Å². The normalized spacial score (nSPS) is 16.9. The molecule has 2 unspecified atom stereocenters. The fourth-order valence-electron chi connectivity index (χ4n) is 9.06. The van der Waals surface area contributed by atoms with Gasteiger partial charge in [-0.05, 0) is 125 Å². The van der Waals surface area contributed by atoms with E-state index < -0.39 is 18.9 Å². The van der Waals surface area contributed by atoms with Gasteiger partial charge in [0.05, 0.1) is 24.5 Å². The van der Waals surface area contributed by atoms with Gasteiger partial charge in [-0.25, -0.2) is 9.67 Å². The number of aromatic nitrogens is 3. The zero-order valence-electron chi connectivity index (χ0n) is 44.6. The molecule has 0 bridgehead atoms. The molecule has 0 amide bonds. The Morgan fingerprint density at radius 2 is 1.31 bits per heavy atom. The van der Waals surface area contributed by atoms with Crippen LogP contribution in [0.5, 0.6) is 11.5 Å². The summed E-state index contributed by atoms with van der Waals surface area (Å²) in [6, 6.07) is 41.1. The first kappa shape index (κ1) is 57.7. The van der Waals surface area contributed by atoms with Crippen LogP contribution in [-0.4, -0.2) is 81.2 Å². The van der Waals surface area contributed by atoms with Crippen molar-refractivity contribution in [1.82, 2.24) is 14.8 Å². The molecule has 1 aromatic heterocycles. The monoisotopic (exact) mass is 1140 g/mol. The van der Waals surface area contributed by atoms with Crippen molar-refractivity contribution in [1.29, 1.82) is 0 Å². The predicted molar refractivity (Wildman–Crippen MR) is 315 cm³/mol. The highest BCUT2D eigenvalue weighted by molar-refractivity contribution is 8.14. The summed E-state index contributed by atoms with van der Waals surface area (Å²) in [6.45, 7) is 10.4. The number of halogens is 6. The van der Waals surface area contributed by atoms with E-state index in [4.69, 9.17) is 15.9 Å². The molecule has 0 radical (unpaired) electrons. The first-order chi connectivity index (χ1) is 38.9. The maximum Gasteiger partial charge on any atom is 0.573 e. The summed E-state index contributed by atoms with van der Waals surface area (Å²) in [5, 5.41) is 27.8. The van der Waals surface area contributed by atoms with Crippen LogP contribution in [0.3, 0.4) is 0 Å². The maximum absolute atomic E-state index is 12.6. The van der Waals surface area contributed by atoms with E-state index in [2.05, 4.69) is 120 Å². The summed E-state index contributed by atoms with van der Waals surface area (Å²) in [4.78, 5) is 13.3. The summed E-state index contributed by atoms with van der Waals surface area (Å²) in [5.41, 5.74) is 16.5. The Hall–Kier alpha value is -7.95. The van der Waals surface area contributed by atoms with Crippen molar-refractivity contribution >= 4 is 69.7 Å². The SMILES string of the molecule is CC(C)c1ccc(CC2CS/C(=N\N=C\c3ccc(C(N)N=CNc4ccc(OC(F)(F)F)cc4)cc3)N(c3ccccc3C(C)C)C2)cc1N1CCCS/C1=N\N=C\c1ccc(-c2ncn(-c3ccc(OC(F)(F)F)cc3)n2)cc1. The Balaban J connectivity index is 0.854. The fraction of sp³-hybridized carbons (Fsp3) is 0.271. The van der Waals surface area contributed by atoms with Gasteiger partial charge in [0.2, 0.25) is 0 Å². The van der Waals surface area contributed by atoms with Crippen molar-refractivity contribution in [2.24, 2.45) is 37.0 Å². The number of para-hydroxylation sites is 1. The molecule has 0 aliphatic carbocycles. The number of amidine groups is 2. The largest absolute Gasteiger partial charge is 0.573 e. The minimum absolute atomic E-state index is 0.267. The van der Waals surface area contributed by atoms with Gasteiger partial charge >= 0.3 is 12.7 Å². The Morgan fingerprint density at radius 3 is 1.95 bits per heavy atom. The molecule has 14 nitrogen and oxygen atoms in total. The molecule has 6 aromatic carbocycles. The molecule has 81 heavy (non-hydrogen) atoms. The zero-order chi connectivity index (χ0) is 57.1. The first-order valence-electron chi connectivity index (χ1n) is 26.0. The average Bonchev–Trinajstić information content (AvgIpc) is 3.98. The molecule has 2 aliphatic rings. The Morgan fingerprint density at radius 1 is 0.704 bits per heavy atom. The van der Waals surface area contributed by atoms with Gasteiger partial charge in [-0.3, -0.25) is 4.99 Å². The standard InChI is InChI=1S/C59H58F6N12O2S2/c1-38(2)50-8-5-6-9-52(50)76-34-43(35-81-57(76)73-71-32-40-10-15-44(16-11-40)54(66)68-36-67-46-19-23-48(24-20-46)78-58(60,61)62)30-42-14-27-51(39(3)4)53(31-42)75-28-7-29-80-56(75)72-70-33-41-12-17-45(18-13-41)55-69-37-77(74-55)47-21-25-49(26-22-47)79-59(63,64)65/h5-6,8-27,31-33,36-39,43,54H,7,28-30,34-35,66H2,1-4H3,(H,67,68)/b70-33+,71-32+,72-56-,73-57-. The van der Waals surface area contributed by atoms with E-state index in [1.807, 2.05) is 48.5 Å². The van der Waals surface area contributed by atoms with Crippen LogP contribution in [0.25, 0.3) is 17.1 Å². The van der Waals surface area contributed by atoms with Crippen LogP contribution >= 0.6 is 23.5 Å². The highest BCUT2D eigenvalue weighted by Crippen LogP contribution is 2.38. The van der Waals surface area contributed by atoms with Crippen LogP contribution in [0.1, 0.15) is 85.5 Å².